The zero-order chi connectivity index (χ0) is 30.7. The Balaban J connectivity index is 1.92. The van der Waals surface area contributed by atoms with Crippen LogP contribution >= 0.6 is 0 Å². The molecule has 1 aliphatic carbocycles. The number of methoxy groups -OCH3 is 1. The fourth-order valence-corrected chi connectivity index (χ4v) is 5.39. The molecule has 0 saturated heterocycles. The predicted octanol–water partition coefficient (Wildman–Crippen LogP) is 5.89. The topological polar surface area (TPSA) is 103 Å². The highest BCUT2D eigenvalue weighted by molar-refractivity contribution is 6.00. The number of ketones is 1. The number of carbonyl (C=O) groups is 3. The molecule has 1 atom stereocenters. The Morgan fingerprint density at radius 1 is 0.976 bits per heavy atom. The monoisotopic (exact) mass is 582 g/mol. The number of urea groups is 1. The van der Waals surface area contributed by atoms with Crippen molar-refractivity contribution in [1.29, 1.82) is 0 Å². The third-order valence-corrected chi connectivity index (χ3v) is 7.71. The first-order valence-corrected chi connectivity index (χ1v) is 15.0. The molecule has 0 spiro atoms. The molecule has 9 heteroatoms. The van der Waals surface area contributed by atoms with Crippen molar-refractivity contribution in [2.45, 2.75) is 84.4 Å². The first kappa shape index (κ1) is 32.9. The Labute approximate surface area is 249 Å². The molecule has 9 nitrogen and oxygen atoms in total. The van der Waals surface area contributed by atoms with Gasteiger partial charge in [0.2, 0.25) is 0 Å². The molecule has 0 aromatic heterocycles. The Kier molecular flexibility index (Phi) is 12.2. The standard InChI is InChI=1S/C33H46N2O7/c1-7-40-28-19-26(20-29(41-8-2)30(28)24(5)36)23(4)35(18-14-13-17-25-15-11-10-12-16-25)32(38)34-33(31(37)42-9-3)21-27(22-33)39-6/h10-12,15-16,19-20,23,27H,7-9,13-14,17-18,21-22H2,1-6H3,(H,34,38)/t23-,27?,33?/m1/s1. The van der Waals surface area contributed by atoms with Gasteiger partial charge >= 0.3 is 12.0 Å². The minimum atomic E-state index is -1.14. The van der Waals surface area contributed by atoms with Crippen LogP contribution in [0.5, 0.6) is 11.5 Å². The zero-order valence-corrected chi connectivity index (χ0v) is 25.9. The van der Waals surface area contributed by atoms with Gasteiger partial charge in [-0.1, -0.05) is 30.3 Å². The number of carbonyl (C=O) groups excluding carboxylic acids is 3. The Morgan fingerprint density at radius 3 is 2.12 bits per heavy atom. The number of esters is 1. The number of ether oxygens (including phenoxy) is 4. The van der Waals surface area contributed by atoms with Crippen LogP contribution in [0.2, 0.25) is 0 Å². The molecule has 0 bridgehead atoms. The highest BCUT2D eigenvalue weighted by atomic mass is 16.5. The van der Waals surface area contributed by atoms with E-state index in [2.05, 4.69) is 17.4 Å². The van der Waals surface area contributed by atoms with Crippen LogP contribution in [0.15, 0.2) is 42.5 Å². The van der Waals surface area contributed by atoms with Crippen molar-refractivity contribution >= 4 is 17.8 Å². The second-order valence-corrected chi connectivity index (χ2v) is 10.6. The molecule has 3 rings (SSSR count). The lowest BCUT2D eigenvalue weighted by molar-refractivity contribution is -0.161. The van der Waals surface area contributed by atoms with Crippen LogP contribution < -0.4 is 14.8 Å². The summed E-state index contributed by atoms with van der Waals surface area (Å²) in [5, 5.41) is 3.01. The average molecular weight is 583 g/mol. The summed E-state index contributed by atoms with van der Waals surface area (Å²) < 4.78 is 22.5. The van der Waals surface area contributed by atoms with E-state index in [1.807, 2.05) is 51.1 Å². The summed E-state index contributed by atoms with van der Waals surface area (Å²) >= 11 is 0. The van der Waals surface area contributed by atoms with Crippen LogP contribution in [0.4, 0.5) is 4.79 Å². The molecule has 2 aromatic carbocycles. The van der Waals surface area contributed by atoms with Gasteiger partial charge in [-0.2, -0.15) is 0 Å². The first-order chi connectivity index (χ1) is 20.2. The van der Waals surface area contributed by atoms with Gasteiger partial charge in [0.05, 0.1) is 32.0 Å². The second-order valence-electron chi connectivity index (χ2n) is 10.6. The summed E-state index contributed by atoms with van der Waals surface area (Å²) in [5.74, 6) is 0.233. The number of amides is 2. The van der Waals surface area contributed by atoms with Gasteiger partial charge in [-0.25, -0.2) is 9.59 Å². The highest BCUT2D eigenvalue weighted by Gasteiger charge is 2.53. The molecule has 2 aromatic rings. The molecule has 0 heterocycles. The second kappa shape index (κ2) is 15.6. The summed E-state index contributed by atoms with van der Waals surface area (Å²) in [6.07, 6.45) is 3.09. The molecular formula is C33H46N2O7. The molecular weight excluding hydrogens is 536 g/mol. The first-order valence-electron chi connectivity index (χ1n) is 15.0. The van der Waals surface area contributed by atoms with Crippen LogP contribution in [-0.4, -0.2) is 67.8 Å². The van der Waals surface area contributed by atoms with Crippen LogP contribution in [0, 0.1) is 0 Å². The van der Waals surface area contributed by atoms with E-state index >= 15 is 0 Å². The summed E-state index contributed by atoms with van der Waals surface area (Å²) in [5.41, 5.74) is 1.25. The maximum absolute atomic E-state index is 14.0. The Bertz CT molecular complexity index is 1170. The molecule has 1 aliphatic rings. The molecule has 0 radical (unpaired) electrons. The van der Waals surface area contributed by atoms with Gasteiger partial charge in [0.1, 0.15) is 22.6 Å². The largest absolute Gasteiger partial charge is 0.493 e. The predicted molar refractivity (Wildman–Crippen MR) is 161 cm³/mol. The number of aryl methyl sites for hydroxylation is 1. The van der Waals surface area contributed by atoms with E-state index < -0.39 is 17.6 Å². The number of benzene rings is 2. The van der Waals surface area contributed by atoms with Crippen molar-refractivity contribution < 1.29 is 33.3 Å². The smallest absolute Gasteiger partial charge is 0.332 e. The van der Waals surface area contributed by atoms with Crippen molar-refractivity contribution in [3.05, 3.63) is 59.2 Å². The number of rotatable bonds is 16. The van der Waals surface area contributed by atoms with Crippen LogP contribution in [0.25, 0.3) is 0 Å². The molecule has 2 amide bonds. The quantitative estimate of drug-likeness (QED) is 0.149. The van der Waals surface area contributed by atoms with E-state index in [4.69, 9.17) is 18.9 Å². The van der Waals surface area contributed by atoms with E-state index in [0.29, 0.717) is 49.7 Å². The zero-order valence-electron chi connectivity index (χ0n) is 25.9. The molecule has 1 fully saturated rings. The molecule has 42 heavy (non-hydrogen) atoms. The number of Topliss-reactive ketones (excluding diaryl/α,β-unsaturated/α-hetero) is 1. The Morgan fingerprint density at radius 2 is 1.60 bits per heavy atom. The molecule has 0 unspecified atom stereocenters. The lowest BCUT2D eigenvalue weighted by atomic mass is 9.74. The number of nitrogens with zero attached hydrogens (tertiary/aromatic N) is 1. The van der Waals surface area contributed by atoms with Crippen LogP contribution in [0.1, 0.15) is 87.8 Å². The summed E-state index contributed by atoms with van der Waals surface area (Å²) in [7, 11) is 1.60. The van der Waals surface area contributed by atoms with Gasteiger partial charge < -0.3 is 29.2 Å². The van der Waals surface area contributed by atoms with Gasteiger partial charge in [-0.15, -0.1) is 0 Å². The van der Waals surface area contributed by atoms with E-state index in [1.165, 1.54) is 12.5 Å². The van der Waals surface area contributed by atoms with Gasteiger partial charge in [-0.05, 0) is 77.1 Å². The molecule has 230 valence electrons. The fourth-order valence-electron chi connectivity index (χ4n) is 5.39. The van der Waals surface area contributed by atoms with Crippen molar-refractivity contribution in [2.24, 2.45) is 0 Å². The van der Waals surface area contributed by atoms with E-state index in [1.54, 1.807) is 18.9 Å². The Hall–Kier alpha value is -3.59. The summed E-state index contributed by atoms with van der Waals surface area (Å²) in [6.45, 7) is 10.3. The van der Waals surface area contributed by atoms with Crippen LogP contribution in [-0.2, 0) is 20.7 Å². The fraction of sp³-hybridized carbons (Fsp3) is 0.545. The number of hydrogen-bond acceptors (Lipinski definition) is 7. The number of nitrogens with one attached hydrogen (secondary N) is 1. The van der Waals surface area contributed by atoms with Gasteiger partial charge in [0.15, 0.2) is 5.78 Å². The minimum absolute atomic E-state index is 0.131. The number of unbranched alkanes of at least 4 members (excludes halogenated alkanes) is 1. The van der Waals surface area contributed by atoms with Crippen LogP contribution in [0.3, 0.4) is 0 Å². The van der Waals surface area contributed by atoms with Gasteiger partial charge in [0, 0.05) is 26.5 Å². The molecule has 1 saturated carbocycles. The number of hydrogen-bond donors (Lipinski definition) is 1. The van der Waals surface area contributed by atoms with Crippen molar-refractivity contribution in [3.63, 3.8) is 0 Å². The van der Waals surface area contributed by atoms with Crippen molar-refractivity contribution in [2.75, 3.05) is 33.5 Å². The lowest BCUT2D eigenvalue weighted by Gasteiger charge is -2.46. The van der Waals surface area contributed by atoms with Gasteiger partial charge in [0.25, 0.3) is 0 Å². The normalized spacial score (nSPS) is 18.4. The molecule has 1 N–H and O–H groups in total. The highest BCUT2D eigenvalue weighted by Crippen LogP contribution is 2.38. The third-order valence-electron chi connectivity index (χ3n) is 7.71. The maximum atomic E-state index is 14.0. The maximum Gasteiger partial charge on any atom is 0.332 e. The van der Waals surface area contributed by atoms with E-state index in [-0.39, 0.29) is 24.5 Å². The SMILES string of the molecule is CCOC(=O)C1(NC(=O)N(CCCCc2ccccc2)[C@H](C)c2cc(OCC)c(C(C)=O)c(OCC)c2)CC(OC)C1. The molecule has 0 aliphatic heterocycles. The average Bonchev–Trinajstić information content (AvgIpc) is 2.95. The van der Waals surface area contributed by atoms with Crippen molar-refractivity contribution in [3.8, 4) is 11.5 Å². The summed E-state index contributed by atoms with van der Waals surface area (Å²) in [6, 6.07) is 13.1. The van der Waals surface area contributed by atoms with Gasteiger partial charge in [-0.3, -0.25) is 4.79 Å². The van der Waals surface area contributed by atoms with E-state index in [9.17, 15) is 14.4 Å². The van der Waals surface area contributed by atoms with Crippen molar-refractivity contribution in [1.82, 2.24) is 10.2 Å². The third kappa shape index (κ3) is 8.03. The van der Waals surface area contributed by atoms with E-state index in [0.717, 1.165) is 24.8 Å². The summed E-state index contributed by atoms with van der Waals surface area (Å²) in [4.78, 5) is 41.2. The lowest BCUT2D eigenvalue weighted by Crippen LogP contribution is -2.67. The minimum Gasteiger partial charge on any atom is -0.493 e.